The van der Waals surface area contributed by atoms with Gasteiger partial charge in [0, 0.05) is 32.3 Å². The molecule has 2 N–H and O–H groups in total. The minimum Gasteiger partial charge on any atom is -0.497 e. The van der Waals surface area contributed by atoms with E-state index in [-0.39, 0.29) is 38.6 Å². The third-order valence-electron chi connectivity index (χ3n) is 9.61. The number of carbonyl (C=O) groups excluding carboxylic acids is 4. The molecule has 12 heteroatoms. The minimum atomic E-state index is -1.31. The number of aliphatic hydroxyl groups is 1. The van der Waals surface area contributed by atoms with Crippen molar-refractivity contribution in [2.24, 2.45) is 11.8 Å². The van der Waals surface area contributed by atoms with Gasteiger partial charge in [-0.25, -0.2) is 0 Å². The van der Waals surface area contributed by atoms with Gasteiger partial charge in [0.25, 0.3) is 5.91 Å². The van der Waals surface area contributed by atoms with E-state index in [9.17, 15) is 24.3 Å². The number of nitrogens with one attached hydrogen (secondary N) is 1. The molecule has 0 saturated carbocycles. The molecule has 0 unspecified atom stereocenters. The predicted molar refractivity (Wildman–Crippen MR) is 180 cm³/mol. The number of allylic oxidation sites excluding steroid dienone is 1. The summed E-state index contributed by atoms with van der Waals surface area (Å²) in [4.78, 5) is 58.8. The number of fused-ring (bicyclic) bond motifs is 1. The van der Waals surface area contributed by atoms with Gasteiger partial charge in [-0.2, -0.15) is 0 Å². The van der Waals surface area contributed by atoms with E-state index >= 15 is 0 Å². The Labute approximate surface area is 286 Å². The average Bonchev–Trinajstić information content (AvgIpc) is 3.76. The number of amides is 3. The average molecular weight is 676 g/mol. The first kappa shape index (κ1) is 35.8. The topological polar surface area (TPSA) is 144 Å². The Morgan fingerprint density at radius 2 is 1.86 bits per heavy atom. The second-order valence-electron chi connectivity index (χ2n) is 12.5. The van der Waals surface area contributed by atoms with Crippen LogP contribution in [0.3, 0.4) is 0 Å². The maximum absolute atomic E-state index is 14.5. The van der Waals surface area contributed by atoms with Gasteiger partial charge in [-0.1, -0.05) is 42.5 Å². The number of carbonyl (C=O) groups is 4. The van der Waals surface area contributed by atoms with E-state index in [2.05, 4.69) is 18.5 Å². The van der Waals surface area contributed by atoms with Crippen molar-refractivity contribution < 1.29 is 43.2 Å². The summed E-state index contributed by atoms with van der Waals surface area (Å²) in [6.07, 6.45) is 3.10. The number of esters is 1. The van der Waals surface area contributed by atoms with Crippen molar-refractivity contribution in [3.8, 4) is 5.75 Å². The van der Waals surface area contributed by atoms with E-state index in [0.29, 0.717) is 36.3 Å². The molecule has 2 aromatic carbocycles. The number of anilines is 1. The zero-order valence-electron chi connectivity index (χ0n) is 28.0. The highest BCUT2D eigenvalue weighted by Crippen LogP contribution is 2.59. The Hall–Kier alpha value is -4.52. The first-order valence-electron chi connectivity index (χ1n) is 16.5. The van der Waals surface area contributed by atoms with Crippen molar-refractivity contribution in [1.82, 2.24) is 10.2 Å². The van der Waals surface area contributed by atoms with E-state index < -0.39 is 59.5 Å². The van der Waals surface area contributed by atoms with Crippen LogP contribution in [0.25, 0.3) is 0 Å². The normalized spacial score (nSPS) is 24.9. The number of aliphatic hydroxyl groups excluding tert-OH is 1. The summed E-state index contributed by atoms with van der Waals surface area (Å²) in [5, 5.41) is 13.0. The molecule has 2 aromatic rings. The van der Waals surface area contributed by atoms with E-state index in [0.717, 1.165) is 0 Å². The number of methoxy groups -OCH3 is 2. The number of hydrogen-bond acceptors (Lipinski definition) is 9. The van der Waals surface area contributed by atoms with E-state index in [1.807, 2.05) is 6.07 Å². The first-order valence-corrected chi connectivity index (χ1v) is 16.5. The fourth-order valence-corrected chi connectivity index (χ4v) is 7.54. The highest BCUT2D eigenvalue weighted by Gasteiger charge is 2.75. The molecular weight excluding hydrogens is 630 g/mol. The summed E-state index contributed by atoms with van der Waals surface area (Å²) in [5.74, 6) is -3.20. The smallest absolute Gasteiger partial charge is 0.313 e. The predicted octanol–water partition coefficient (Wildman–Crippen LogP) is 2.96. The molecule has 3 aliphatic heterocycles. The van der Waals surface area contributed by atoms with Gasteiger partial charge >= 0.3 is 5.97 Å². The van der Waals surface area contributed by atoms with Crippen molar-refractivity contribution in [2.45, 2.75) is 55.6 Å². The van der Waals surface area contributed by atoms with Crippen LogP contribution in [0.15, 0.2) is 79.9 Å². The van der Waals surface area contributed by atoms with Crippen LogP contribution < -0.4 is 15.0 Å². The number of hydrogen-bond donors (Lipinski definition) is 2. The Morgan fingerprint density at radius 1 is 1.12 bits per heavy atom. The summed E-state index contributed by atoms with van der Waals surface area (Å²) in [7, 11) is 3.04. The monoisotopic (exact) mass is 675 g/mol. The number of nitrogens with zero attached hydrogens (tertiary/aromatic N) is 2. The highest BCUT2D eigenvalue weighted by atomic mass is 16.6. The number of rotatable bonds is 17. The lowest BCUT2D eigenvalue weighted by atomic mass is 9.70. The lowest BCUT2D eigenvalue weighted by molar-refractivity contribution is -0.163. The van der Waals surface area contributed by atoms with Crippen LogP contribution in [0.2, 0.25) is 0 Å². The summed E-state index contributed by atoms with van der Waals surface area (Å²) in [5.41, 5.74) is -0.111. The number of likely N-dealkylation sites (tertiary alicyclic amines) is 1. The second kappa shape index (κ2) is 15.8. The largest absolute Gasteiger partial charge is 0.497 e. The summed E-state index contributed by atoms with van der Waals surface area (Å²) in [6, 6.07) is 14.1. The second-order valence-corrected chi connectivity index (χ2v) is 12.5. The van der Waals surface area contributed by atoms with Gasteiger partial charge in [0.05, 0.1) is 44.3 Å². The number of benzene rings is 2. The van der Waals surface area contributed by atoms with Crippen LogP contribution in [-0.4, -0.2) is 98.0 Å². The van der Waals surface area contributed by atoms with E-state index in [1.54, 1.807) is 67.8 Å². The highest BCUT2D eigenvalue weighted by molar-refractivity contribution is 6.04. The molecule has 3 fully saturated rings. The fourth-order valence-electron chi connectivity index (χ4n) is 7.54. The summed E-state index contributed by atoms with van der Waals surface area (Å²) >= 11 is 0. The van der Waals surface area contributed by atoms with Crippen molar-refractivity contribution in [3.05, 3.63) is 85.5 Å². The molecule has 12 nitrogen and oxygen atoms in total. The molecule has 3 amide bonds. The van der Waals surface area contributed by atoms with Crippen molar-refractivity contribution in [1.29, 1.82) is 0 Å². The SMILES string of the molecule is C=CCCC(=O)N[C@H](COC)[C@H](OC(=O)[C@@H]1[C@@H]2CC[C@]3(O2)[C@H](C(=O)N(CC=C)c2ccc(OC)cc2)N(CCO)C(=O)[C@@H]13)c1ccccc1. The van der Waals surface area contributed by atoms with Gasteiger partial charge in [-0.15, -0.1) is 13.2 Å². The molecule has 0 aliphatic carbocycles. The zero-order valence-corrected chi connectivity index (χ0v) is 28.0. The third kappa shape index (κ3) is 6.99. The van der Waals surface area contributed by atoms with Crippen LogP contribution in [-0.2, 0) is 33.4 Å². The minimum absolute atomic E-state index is 0.0505. The van der Waals surface area contributed by atoms with Gasteiger partial charge in [0.1, 0.15) is 23.5 Å². The maximum atomic E-state index is 14.5. The molecule has 0 radical (unpaired) electrons. The number of ether oxygens (including phenoxy) is 4. The summed E-state index contributed by atoms with van der Waals surface area (Å²) in [6.45, 7) is 7.20. The summed E-state index contributed by atoms with van der Waals surface area (Å²) < 4.78 is 23.5. The zero-order chi connectivity index (χ0) is 35.1. The standard InChI is InChI=1S/C37H45N3O9/c1-5-7-13-29(42)38-27(23-46-3)32(24-11-9-8-10-12-24)48-36(45)30-28-18-19-37(49-28)31(30)34(43)40(21-22-41)33(37)35(44)39(20-6-2)25-14-16-26(47-4)17-15-25/h5-6,8-12,14-17,27-28,30-33,41H,1-2,7,13,18-23H2,3-4H3,(H,38,42)/t27-,28+,30-,31-,32-,33+,37-/m1/s1. The maximum Gasteiger partial charge on any atom is 0.313 e. The van der Waals surface area contributed by atoms with Crippen LogP contribution in [0.1, 0.15) is 37.4 Å². The van der Waals surface area contributed by atoms with Crippen molar-refractivity contribution in [2.75, 3.05) is 45.4 Å². The quantitative estimate of drug-likeness (QED) is 0.191. The van der Waals surface area contributed by atoms with Gasteiger partial charge in [0.15, 0.2) is 0 Å². The van der Waals surface area contributed by atoms with Gasteiger partial charge < -0.3 is 39.2 Å². The Bertz CT molecular complexity index is 1520. The molecule has 262 valence electrons. The third-order valence-corrected chi connectivity index (χ3v) is 9.61. The lowest BCUT2D eigenvalue weighted by Crippen LogP contribution is -2.56. The van der Waals surface area contributed by atoms with Crippen LogP contribution in [0, 0.1) is 11.8 Å². The Balaban J connectivity index is 1.47. The van der Waals surface area contributed by atoms with E-state index in [1.165, 1.54) is 16.9 Å². The van der Waals surface area contributed by atoms with Crippen LogP contribution in [0.5, 0.6) is 5.75 Å². The Morgan fingerprint density at radius 3 is 2.49 bits per heavy atom. The van der Waals surface area contributed by atoms with Crippen LogP contribution in [0.4, 0.5) is 5.69 Å². The molecule has 0 aromatic heterocycles. The van der Waals surface area contributed by atoms with Gasteiger partial charge in [0.2, 0.25) is 11.8 Å². The molecule has 49 heavy (non-hydrogen) atoms. The van der Waals surface area contributed by atoms with Crippen LogP contribution >= 0.6 is 0 Å². The molecule has 3 heterocycles. The molecule has 1 spiro atoms. The van der Waals surface area contributed by atoms with Crippen molar-refractivity contribution in [3.63, 3.8) is 0 Å². The molecule has 3 saturated heterocycles. The fraction of sp³-hybridized carbons (Fsp3) is 0.459. The molecular formula is C37H45N3O9. The lowest BCUT2D eigenvalue weighted by Gasteiger charge is -2.36. The van der Waals surface area contributed by atoms with Gasteiger partial charge in [-0.3, -0.25) is 19.2 Å². The Kier molecular flexibility index (Phi) is 11.5. The molecule has 2 bridgehead atoms. The molecule has 7 atom stereocenters. The number of β-amino-alcohol motifs (C(OH)–C–C–N with tert-alkyl or cyclic N) is 1. The molecule has 5 rings (SSSR count). The molecule has 3 aliphatic rings. The van der Waals surface area contributed by atoms with E-state index in [4.69, 9.17) is 18.9 Å². The van der Waals surface area contributed by atoms with Crippen molar-refractivity contribution >= 4 is 29.4 Å². The van der Waals surface area contributed by atoms with Gasteiger partial charge in [-0.05, 0) is 49.1 Å². The first-order chi connectivity index (χ1) is 23.7.